The summed E-state index contributed by atoms with van der Waals surface area (Å²) in [7, 11) is -7.15. The third-order valence-electron chi connectivity index (χ3n) is 7.47. The molecule has 1 atom stereocenters. The van der Waals surface area contributed by atoms with Crippen molar-refractivity contribution < 1.29 is 88.9 Å². The van der Waals surface area contributed by atoms with Crippen LogP contribution >= 0.6 is 30.8 Å². The van der Waals surface area contributed by atoms with Crippen LogP contribution in [-0.2, 0) is 60.1 Å². The lowest BCUT2D eigenvalue weighted by Crippen LogP contribution is -2.35. The second-order valence-corrected chi connectivity index (χ2v) is 20.3. The zero-order valence-electron chi connectivity index (χ0n) is 34.8. The minimum absolute atomic E-state index is 0.00216. The van der Waals surface area contributed by atoms with Crippen LogP contribution in [0.5, 0.6) is 11.5 Å². The Hall–Kier alpha value is -4.94. The summed E-state index contributed by atoms with van der Waals surface area (Å²) in [6.07, 6.45) is 3.14. The molecule has 19 nitrogen and oxygen atoms in total. The number of esters is 2. The number of nitro groups is 1. The van der Waals surface area contributed by atoms with Gasteiger partial charge in [-0.25, -0.2) is 18.0 Å². The summed E-state index contributed by atoms with van der Waals surface area (Å²) in [5, 5.41) is 20.7. The van der Waals surface area contributed by atoms with Gasteiger partial charge < -0.3 is 33.7 Å². The Morgan fingerprint density at radius 3 is 2.00 bits per heavy atom. The fraction of sp³-hybridized carbons (Fsp3) is 0.368. The molecule has 1 aliphatic rings. The normalized spacial score (nSPS) is 13.6. The maximum atomic E-state index is 12.7. The lowest BCUT2D eigenvalue weighted by Gasteiger charge is -2.18. The second-order valence-electron chi connectivity index (χ2n) is 13.4. The zero-order valence-corrected chi connectivity index (χ0v) is 38.9. The highest BCUT2D eigenvalue weighted by atomic mass is 35.5. The van der Waals surface area contributed by atoms with Crippen LogP contribution in [0, 0.1) is 16.0 Å². The molecule has 1 unspecified atom stereocenters. The van der Waals surface area contributed by atoms with Crippen molar-refractivity contribution in [2.24, 2.45) is 5.92 Å². The summed E-state index contributed by atoms with van der Waals surface area (Å²) in [5.74, 6) is -6.30. The quantitative estimate of drug-likeness (QED) is 0.0351. The van der Waals surface area contributed by atoms with Crippen molar-refractivity contribution in [3.8, 4) is 11.5 Å². The van der Waals surface area contributed by atoms with Gasteiger partial charge in [-0.2, -0.15) is 13.2 Å². The monoisotopic (exact) mass is 1020 g/mol. The number of benzene rings is 3. The van der Waals surface area contributed by atoms with Crippen molar-refractivity contribution in [3.63, 3.8) is 0 Å². The standard InChI is InChI=1S/C18H13ClF3NO7.C14H13ClO5S.C3H8NO5P.C3H9S/c1-2-28-16(24)9-29-17(25)12-8-11(4-5-14(12)23(26)27)30-15-6-3-10(7-13(15)19)18(20,21)22;1-21(19,20)8-5-6-9(10(15)7-8)14(18)13-11(16)3-2-4-12(13)17;5-3(6)1-4-2-10(7,8)9;1-4(2)3/h3-8H,2,9H2,1H3;5-7,13H,2-4H2,1H3;4H,1-2H2,(H,5,6)(H2,7,8,9);1-3H3/q;;;+1/p-1. The lowest BCUT2D eigenvalue weighted by atomic mass is 9.82. The highest BCUT2D eigenvalue weighted by molar-refractivity contribution is 7.94. The van der Waals surface area contributed by atoms with Gasteiger partial charge in [-0.3, -0.25) is 34.6 Å². The zero-order chi connectivity index (χ0) is 50.0. The maximum Gasteiger partial charge on any atom is 0.416 e. The predicted molar refractivity (Wildman–Crippen MR) is 228 cm³/mol. The summed E-state index contributed by atoms with van der Waals surface area (Å²) in [5.41, 5.74) is -2.16. The number of halogens is 5. The molecule has 0 heterocycles. The number of ketones is 3. The number of aliphatic carboxylic acids is 1. The number of Topliss-reactive ketones (excluding diaryl/α,β-unsaturated/α-hetero) is 3. The molecular weight excluding hydrogens is 979 g/mol. The molecule has 1 fully saturated rings. The van der Waals surface area contributed by atoms with E-state index in [0.29, 0.717) is 23.4 Å². The van der Waals surface area contributed by atoms with Crippen molar-refractivity contribution in [3.05, 3.63) is 91.4 Å². The van der Waals surface area contributed by atoms with E-state index in [0.717, 1.165) is 42.7 Å². The molecule has 0 radical (unpaired) electrons. The molecule has 3 aromatic rings. The van der Waals surface area contributed by atoms with Gasteiger partial charge in [0, 0.05) is 36.8 Å². The van der Waals surface area contributed by atoms with E-state index in [4.69, 9.17) is 42.7 Å². The number of hydrogen-bond donors (Lipinski definition) is 3. The number of ether oxygens (including phenoxy) is 3. The van der Waals surface area contributed by atoms with Gasteiger partial charge in [0.15, 0.2) is 33.8 Å². The second kappa shape index (κ2) is 26.3. The molecule has 0 amide bonds. The number of rotatable bonds is 14. The fourth-order valence-corrected chi connectivity index (χ4v) is 6.38. The largest absolute Gasteiger partial charge is 0.778 e. The first kappa shape index (κ1) is 58.1. The number of nitrogens with one attached hydrogen (secondary N) is 1. The van der Waals surface area contributed by atoms with Crippen molar-refractivity contribution >= 4 is 92.5 Å². The number of sulfone groups is 1. The van der Waals surface area contributed by atoms with E-state index in [2.05, 4.69) is 23.5 Å². The lowest BCUT2D eigenvalue weighted by molar-refractivity contribution is -0.385. The Morgan fingerprint density at radius 1 is 0.954 bits per heavy atom. The van der Waals surface area contributed by atoms with Crippen LogP contribution in [0.1, 0.15) is 52.5 Å². The Balaban J connectivity index is 0.000000520. The number of hydrogen-bond acceptors (Lipinski definition) is 16. The van der Waals surface area contributed by atoms with Crippen LogP contribution in [0.3, 0.4) is 0 Å². The Kier molecular flexibility index (Phi) is 23.5. The first-order valence-electron chi connectivity index (χ1n) is 18.1. The first-order chi connectivity index (χ1) is 29.9. The predicted octanol–water partition coefficient (Wildman–Crippen LogP) is 5.30. The van der Waals surface area contributed by atoms with E-state index < -0.39 is 106 Å². The highest BCUT2D eigenvalue weighted by Crippen LogP contribution is 2.37. The first-order valence-corrected chi connectivity index (χ1v) is 24.9. The van der Waals surface area contributed by atoms with Crippen molar-refractivity contribution in [2.75, 3.05) is 51.1 Å². The number of nitro benzene ring substituents is 1. The van der Waals surface area contributed by atoms with Gasteiger partial charge in [0.1, 0.15) is 30.6 Å². The molecule has 0 bridgehead atoms. The molecule has 0 spiro atoms. The number of carbonyl (C=O) groups is 6. The third kappa shape index (κ3) is 21.3. The average molecular weight is 1020 g/mol. The van der Waals surface area contributed by atoms with Crippen molar-refractivity contribution in [1.82, 2.24) is 5.32 Å². The maximum absolute atomic E-state index is 12.7. The third-order valence-corrected chi connectivity index (χ3v) is 9.81. The van der Waals surface area contributed by atoms with Gasteiger partial charge in [0.2, 0.25) is 0 Å². The van der Waals surface area contributed by atoms with E-state index in [-0.39, 0.29) is 51.5 Å². The average Bonchev–Trinajstić information content (AvgIpc) is 3.16. The Labute approximate surface area is 382 Å². The molecule has 3 N–H and O–H groups in total. The van der Waals surface area contributed by atoms with Gasteiger partial charge in [-0.15, -0.1) is 0 Å². The highest BCUT2D eigenvalue weighted by Gasteiger charge is 2.37. The molecule has 0 aliphatic heterocycles. The molecule has 3 aromatic carbocycles. The van der Waals surface area contributed by atoms with E-state index >= 15 is 0 Å². The number of carboxylic acid groups (broad SMARTS) is 1. The smallest absolute Gasteiger partial charge is 0.416 e. The van der Waals surface area contributed by atoms with Gasteiger partial charge in [-0.1, -0.05) is 23.2 Å². The van der Waals surface area contributed by atoms with Crippen LogP contribution in [-0.4, -0.2) is 110 Å². The minimum Gasteiger partial charge on any atom is -0.778 e. The van der Waals surface area contributed by atoms with Gasteiger partial charge >= 0.3 is 24.1 Å². The molecule has 1 saturated carbocycles. The van der Waals surface area contributed by atoms with Crippen LogP contribution in [0.25, 0.3) is 0 Å². The molecule has 0 saturated heterocycles. The van der Waals surface area contributed by atoms with E-state index in [1.54, 1.807) is 0 Å². The topological polar surface area (TPSA) is 300 Å². The Morgan fingerprint density at radius 2 is 1.54 bits per heavy atom. The Bertz CT molecular complexity index is 2380. The van der Waals surface area contributed by atoms with Crippen LogP contribution in [0.15, 0.2) is 59.5 Å². The number of alkyl halides is 3. The molecule has 27 heteroatoms. The number of carbonyl (C=O) groups excluding carboxylic acids is 5. The van der Waals surface area contributed by atoms with Crippen LogP contribution in [0.2, 0.25) is 10.0 Å². The van der Waals surface area contributed by atoms with Gasteiger partial charge in [-0.05, 0) is 66.7 Å². The van der Waals surface area contributed by atoms with E-state index in [1.807, 2.05) is 5.32 Å². The van der Waals surface area contributed by atoms with E-state index in [9.17, 15) is 69.9 Å². The van der Waals surface area contributed by atoms with Gasteiger partial charge in [0.25, 0.3) is 5.69 Å². The molecular formula is C38H42Cl2F3N2O17PS2. The molecule has 4 rings (SSSR count). The minimum atomic E-state index is -4.61. The van der Waals surface area contributed by atoms with E-state index in [1.165, 1.54) is 19.1 Å². The SMILES string of the molecule is CCOC(=O)COC(=O)c1cc(Oc2ccc(C(F)(F)F)cc2Cl)ccc1[N+](=O)[O-].CS(=O)(=O)c1ccc(C(=O)C2C(=O)CCCC2=O)c(Cl)c1.C[S+](C)C.O=C(O)CNCP(=O)([O-])O. The fourth-order valence-electron chi connectivity index (χ4n) is 4.78. The summed E-state index contributed by atoms with van der Waals surface area (Å²) in [6.45, 7) is 0.345. The van der Waals surface area contributed by atoms with Crippen molar-refractivity contribution in [1.29, 1.82) is 0 Å². The molecule has 65 heavy (non-hydrogen) atoms. The molecule has 0 aromatic heterocycles. The molecule has 358 valence electrons. The number of carboxylic acids is 1. The summed E-state index contributed by atoms with van der Waals surface area (Å²) in [6, 6.07) is 9.00. The van der Waals surface area contributed by atoms with Crippen LogP contribution in [0.4, 0.5) is 18.9 Å². The summed E-state index contributed by atoms with van der Waals surface area (Å²) < 4.78 is 85.6. The van der Waals surface area contributed by atoms with Gasteiger partial charge in [0.05, 0.1) is 63.6 Å². The summed E-state index contributed by atoms with van der Waals surface area (Å²) in [4.78, 5) is 97.4. The molecule has 1 aliphatic carbocycles. The summed E-state index contributed by atoms with van der Waals surface area (Å²) >= 11 is 11.7. The number of nitrogens with zero attached hydrogens (tertiary/aromatic N) is 1. The van der Waals surface area contributed by atoms with Crippen molar-refractivity contribution in [2.45, 2.75) is 37.3 Å². The van der Waals surface area contributed by atoms with Crippen LogP contribution < -0.4 is 14.9 Å².